The normalized spacial score (nSPS) is 12.8. The van der Waals surface area contributed by atoms with Crippen LogP contribution in [0.1, 0.15) is 20.1 Å². The van der Waals surface area contributed by atoms with E-state index in [1.165, 1.54) is 19.8 Å². The van der Waals surface area contributed by atoms with Crippen molar-refractivity contribution in [3.8, 4) is 0 Å². The minimum Gasteiger partial charge on any atom is -0.143 e. The monoisotopic (exact) mass is 378 g/mol. The highest BCUT2D eigenvalue weighted by molar-refractivity contribution is 9.10. The second-order valence-corrected chi connectivity index (χ2v) is 6.96. The summed E-state index contributed by atoms with van der Waals surface area (Å²) in [7, 11) is 0. The van der Waals surface area contributed by atoms with E-state index >= 15 is 0 Å². The van der Waals surface area contributed by atoms with Crippen LogP contribution in [0.5, 0.6) is 0 Å². The molecule has 16 heavy (non-hydrogen) atoms. The van der Waals surface area contributed by atoms with Gasteiger partial charge in [-0.15, -0.1) is 11.3 Å². The summed E-state index contributed by atoms with van der Waals surface area (Å²) in [5, 5.41) is 0.772. The number of aryl methyl sites for hydroxylation is 1. The van der Waals surface area contributed by atoms with Gasteiger partial charge in [0.25, 0.3) is 0 Å². The zero-order chi connectivity index (χ0) is 11.7. The number of hydrogen-bond donors (Lipinski definition) is 0. The van der Waals surface area contributed by atoms with Gasteiger partial charge in [-0.25, -0.2) is 0 Å². The second kappa shape index (κ2) is 5.21. The molecule has 0 aliphatic carbocycles. The van der Waals surface area contributed by atoms with Crippen LogP contribution in [0, 0.1) is 6.92 Å². The number of thiophene rings is 1. The fraction of sp³-hybridized carbons (Fsp3) is 0.167. The summed E-state index contributed by atoms with van der Waals surface area (Å²) < 4.78 is 1.17. The van der Waals surface area contributed by atoms with Crippen molar-refractivity contribution in [1.29, 1.82) is 0 Å². The number of benzene rings is 1. The Kier molecular flexibility index (Phi) is 4.11. The van der Waals surface area contributed by atoms with Gasteiger partial charge >= 0.3 is 0 Å². The van der Waals surface area contributed by atoms with Gasteiger partial charge < -0.3 is 0 Å². The van der Waals surface area contributed by atoms with E-state index in [1.807, 2.05) is 18.2 Å². The van der Waals surface area contributed by atoms with Crippen molar-refractivity contribution in [2.24, 2.45) is 0 Å². The van der Waals surface area contributed by atoms with Crippen molar-refractivity contribution >= 4 is 54.8 Å². The smallest absolute Gasteiger partial charge is 0.0739 e. The van der Waals surface area contributed by atoms with E-state index in [0.717, 1.165) is 5.02 Å². The Morgan fingerprint density at radius 1 is 1.31 bits per heavy atom. The zero-order valence-electron chi connectivity index (χ0n) is 8.51. The van der Waals surface area contributed by atoms with Gasteiger partial charge in [-0.3, -0.25) is 0 Å². The van der Waals surface area contributed by atoms with E-state index in [-0.39, 0.29) is 4.83 Å². The number of halogens is 3. The van der Waals surface area contributed by atoms with Crippen LogP contribution in [-0.4, -0.2) is 0 Å². The lowest BCUT2D eigenvalue weighted by atomic mass is 10.1. The van der Waals surface area contributed by atoms with Gasteiger partial charge in [0.1, 0.15) is 0 Å². The first kappa shape index (κ1) is 12.6. The fourth-order valence-corrected chi connectivity index (χ4v) is 3.90. The second-order valence-electron chi connectivity index (χ2n) is 3.47. The average molecular weight is 381 g/mol. The minimum atomic E-state index is 0.209. The van der Waals surface area contributed by atoms with Crippen LogP contribution in [0.4, 0.5) is 0 Å². The molecule has 2 rings (SSSR count). The summed E-state index contributed by atoms with van der Waals surface area (Å²) in [6, 6.07) is 10.1. The molecule has 1 unspecified atom stereocenters. The molecule has 2 aromatic rings. The Morgan fingerprint density at radius 3 is 2.62 bits per heavy atom. The van der Waals surface area contributed by atoms with Gasteiger partial charge in [-0.1, -0.05) is 39.7 Å². The molecule has 0 radical (unpaired) electrons. The maximum atomic E-state index is 5.99. The van der Waals surface area contributed by atoms with Crippen LogP contribution in [0.2, 0.25) is 5.02 Å². The predicted octanol–water partition coefficient (Wildman–Crippen LogP) is 5.96. The van der Waals surface area contributed by atoms with Crippen LogP contribution in [-0.2, 0) is 0 Å². The Hall–Kier alpha value is 0.170. The number of rotatable bonds is 2. The molecular weight excluding hydrogens is 371 g/mol. The topological polar surface area (TPSA) is 0 Å². The maximum Gasteiger partial charge on any atom is 0.0739 e. The fourth-order valence-electron chi connectivity index (χ4n) is 1.43. The van der Waals surface area contributed by atoms with E-state index < -0.39 is 0 Å². The molecule has 0 aliphatic rings. The Bertz CT molecular complexity index is 488. The molecule has 84 valence electrons. The molecule has 0 spiro atoms. The first-order chi connectivity index (χ1) is 7.58. The van der Waals surface area contributed by atoms with Crippen molar-refractivity contribution in [2.45, 2.75) is 11.8 Å². The quantitative estimate of drug-likeness (QED) is 0.564. The summed E-state index contributed by atoms with van der Waals surface area (Å²) in [5.41, 5.74) is 1.18. The third-order valence-electron chi connectivity index (χ3n) is 2.27. The van der Waals surface area contributed by atoms with E-state index in [2.05, 4.69) is 50.9 Å². The summed E-state index contributed by atoms with van der Waals surface area (Å²) in [4.78, 5) is 2.79. The largest absolute Gasteiger partial charge is 0.143 e. The maximum absolute atomic E-state index is 5.99. The lowest BCUT2D eigenvalue weighted by molar-refractivity contribution is 1.22. The summed E-state index contributed by atoms with van der Waals surface area (Å²) in [6.45, 7) is 2.11. The lowest BCUT2D eigenvalue weighted by Gasteiger charge is -2.07. The third-order valence-corrected chi connectivity index (χ3v) is 6.03. The molecule has 0 fully saturated rings. The standard InChI is InChI=1S/C12H9Br2ClS/c1-7-10(13)6-11(16-7)12(14)8-3-2-4-9(15)5-8/h2-6,12H,1H3. The van der Waals surface area contributed by atoms with E-state index in [4.69, 9.17) is 11.6 Å². The van der Waals surface area contributed by atoms with Crippen LogP contribution >= 0.6 is 54.8 Å². The van der Waals surface area contributed by atoms with Crippen molar-refractivity contribution < 1.29 is 0 Å². The molecule has 0 nitrogen and oxygen atoms in total. The van der Waals surface area contributed by atoms with E-state index in [0.29, 0.717) is 0 Å². The third kappa shape index (κ3) is 2.70. The molecule has 0 N–H and O–H groups in total. The van der Waals surface area contributed by atoms with E-state index in [1.54, 1.807) is 11.3 Å². The highest BCUT2D eigenvalue weighted by Gasteiger charge is 2.14. The van der Waals surface area contributed by atoms with Gasteiger partial charge in [0.05, 0.1) is 4.83 Å². The Balaban J connectivity index is 2.35. The van der Waals surface area contributed by atoms with Crippen molar-refractivity contribution in [3.05, 3.63) is 55.1 Å². The molecule has 4 heteroatoms. The van der Waals surface area contributed by atoms with Crippen LogP contribution in [0.25, 0.3) is 0 Å². The zero-order valence-corrected chi connectivity index (χ0v) is 13.3. The molecule has 0 bridgehead atoms. The Labute approximate surface area is 121 Å². The first-order valence-electron chi connectivity index (χ1n) is 4.73. The van der Waals surface area contributed by atoms with Crippen LogP contribution in [0.3, 0.4) is 0 Å². The lowest BCUT2D eigenvalue weighted by Crippen LogP contribution is -1.88. The molecule has 0 aliphatic heterocycles. The van der Waals surface area contributed by atoms with Gasteiger partial charge in [-0.05, 0) is 46.6 Å². The van der Waals surface area contributed by atoms with Gasteiger partial charge in [0, 0.05) is 19.2 Å². The van der Waals surface area contributed by atoms with Crippen molar-refractivity contribution in [2.75, 3.05) is 0 Å². The SMILES string of the molecule is Cc1sc(C(Br)c2cccc(Cl)c2)cc1Br. The Morgan fingerprint density at radius 2 is 2.06 bits per heavy atom. The summed E-state index contributed by atoms with van der Waals surface area (Å²) in [6.07, 6.45) is 0. The van der Waals surface area contributed by atoms with Gasteiger partial charge in [0.15, 0.2) is 0 Å². The van der Waals surface area contributed by atoms with Gasteiger partial charge in [0.2, 0.25) is 0 Å². The van der Waals surface area contributed by atoms with E-state index in [9.17, 15) is 0 Å². The molecule has 1 aromatic carbocycles. The molecule has 0 saturated heterocycles. The summed E-state index contributed by atoms with van der Waals surface area (Å²) in [5.74, 6) is 0. The van der Waals surface area contributed by atoms with Crippen LogP contribution in [0.15, 0.2) is 34.8 Å². The average Bonchev–Trinajstić information content (AvgIpc) is 2.58. The minimum absolute atomic E-state index is 0.209. The highest BCUT2D eigenvalue weighted by Crippen LogP contribution is 2.39. The molecule has 0 amide bonds. The first-order valence-corrected chi connectivity index (χ1v) is 7.63. The van der Waals surface area contributed by atoms with Gasteiger partial charge in [-0.2, -0.15) is 0 Å². The molecule has 1 heterocycles. The van der Waals surface area contributed by atoms with Crippen molar-refractivity contribution in [1.82, 2.24) is 0 Å². The molecule has 1 atom stereocenters. The molecular formula is C12H9Br2ClS. The van der Waals surface area contributed by atoms with Crippen LogP contribution < -0.4 is 0 Å². The number of alkyl halides is 1. The highest BCUT2D eigenvalue weighted by atomic mass is 79.9. The number of hydrogen-bond acceptors (Lipinski definition) is 1. The molecule has 1 aromatic heterocycles. The predicted molar refractivity (Wildman–Crippen MR) is 79.0 cm³/mol. The van der Waals surface area contributed by atoms with Crippen molar-refractivity contribution in [3.63, 3.8) is 0 Å². The summed E-state index contributed by atoms with van der Waals surface area (Å²) >= 11 is 15.0. The molecule has 0 saturated carbocycles.